The van der Waals surface area contributed by atoms with Crippen molar-refractivity contribution in [1.82, 2.24) is 5.32 Å². The molecule has 0 bridgehead atoms. The van der Waals surface area contributed by atoms with E-state index >= 15 is 0 Å². The molecule has 16 heavy (non-hydrogen) atoms. The maximum atomic E-state index is 9.03. The number of nitrogens with one attached hydrogen (secondary N) is 1. The fraction of sp³-hybridized carbons (Fsp3) is 0.692. The van der Waals surface area contributed by atoms with Gasteiger partial charge in [0.05, 0.1) is 6.61 Å². The van der Waals surface area contributed by atoms with Gasteiger partial charge in [0.15, 0.2) is 0 Å². The van der Waals surface area contributed by atoms with Crippen LogP contribution in [0.25, 0.3) is 0 Å². The highest BCUT2D eigenvalue weighted by Crippen LogP contribution is 2.32. The van der Waals surface area contributed by atoms with E-state index in [-0.39, 0.29) is 12.6 Å². The Morgan fingerprint density at radius 2 is 2.12 bits per heavy atom. The summed E-state index contributed by atoms with van der Waals surface area (Å²) in [6.45, 7) is 4.41. The Morgan fingerprint density at radius 3 is 2.81 bits per heavy atom. The maximum absolute atomic E-state index is 9.03. The van der Waals surface area contributed by atoms with Crippen molar-refractivity contribution in [3.05, 3.63) is 21.4 Å². The highest BCUT2D eigenvalue weighted by Gasteiger charge is 2.17. The van der Waals surface area contributed by atoms with Crippen LogP contribution in [0.1, 0.15) is 48.0 Å². The molecule has 2 atom stereocenters. The van der Waals surface area contributed by atoms with E-state index in [2.05, 4.69) is 18.3 Å². The molecule has 2 N–H and O–H groups in total. The first kappa shape index (κ1) is 12.1. The third-order valence-corrected chi connectivity index (χ3v) is 4.67. The predicted molar refractivity (Wildman–Crippen MR) is 69.1 cm³/mol. The van der Waals surface area contributed by atoms with Crippen molar-refractivity contribution in [1.29, 1.82) is 0 Å². The minimum Gasteiger partial charge on any atom is -0.395 e. The number of rotatable bonds is 4. The zero-order valence-corrected chi connectivity index (χ0v) is 10.9. The second-order valence-electron chi connectivity index (χ2n) is 4.78. The number of hydrogen-bond donors (Lipinski definition) is 2. The highest BCUT2D eigenvalue weighted by atomic mass is 32.1. The molecule has 2 rings (SSSR count). The number of fused-ring (bicyclic) bond motifs is 1. The van der Waals surface area contributed by atoms with E-state index in [1.165, 1.54) is 30.6 Å². The van der Waals surface area contributed by atoms with Crippen LogP contribution in [0.2, 0.25) is 0 Å². The molecule has 1 aliphatic rings. The molecule has 0 aliphatic heterocycles. The molecule has 2 nitrogen and oxygen atoms in total. The molecule has 0 amide bonds. The molecule has 0 aromatic carbocycles. The van der Waals surface area contributed by atoms with Gasteiger partial charge in [-0.15, -0.1) is 11.3 Å². The van der Waals surface area contributed by atoms with Crippen molar-refractivity contribution in [2.75, 3.05) is 6.61 Å². The topological polar surface area (TPSA) is 32.3 Å². The molecule has 90 valence electrons. The number of aryl methyl sites for hydroxylation is 2. The van der Waals surface area contributed by atoms with Crippen LogP contribution in [-0.2, 0) is 12.8 Å². The van der Waals surface area contributed by atoms with Crippen LogP contribution >= 0.6 is 11.3 Å². The van der Waals surface area contributed by atoms with Gasteiger partial charge >= 0.3 is 0 Å². The summed E-state index contributed by atoms with van der Waals surface area (Å²) < 4.78 is 0. The summed E-state index contributed by atoms with van der Waals surface area (Å²) in [5.41, 5.74) is 1.57. The number of thiophene rings is 1. The lowest BCUT2D eigenvalue weighted by Crippen LogP contribution is -2.31. The number of aliphatic hydroxyl groups is 1. The van der Waals surface area contributed by atoms with Crippen molar-refractivity contribution in [2.45, 2.75) is 51.6 Å². The Morgan fingerprint density at radius 1 is 1.38 bits per heavy atom. The summed E-state index contributed by atoms with van der Waals surface area (Å²) in [6.07, 6.45) is 5.22. The molecule has 0 saturated carbocycles. The van der Waals surface area contributed by atoms with Gasteiger partial charge in [0.2, 0.25) is 0 Å². The lowest BCUT2D eigenvalue weighted by molar-refractivity contribution is 0.243. The molecular weight excluding hydrogens is 218 g/mol. The van der Waals surface area contributed by atoms with E-state index in [4.69, 9.17) is 5.11 Å². The molecule has 2 unspecified atom stereocenters. The molecule has 3 heteroatoms. The lowest BCUT2D eigenvalue weighted by Gasteiger charge is -2.16. The quantitative estimate of drug-likeness (QED) is 0.846. The van der Waals surface area contributed by atoms with Gasteiger partial charge in [-0.2, -0.15) is 0 Å². The first-order valence-corrected chi connectivity index (χ1v) is 7.00. The van der Waals surface area contributed by atoms with Crippen LogP contribution in [0.15, 0.2) is 6.07 Å². The van der Waals surface area contributed by atoms with Crippen molar-refractivity contribution < 1.29 is 5.11 Å². The third kappa shape index (κ3) is 2.65. The molecule has 1 aromatic rings. The summed E-state index contributed by atoms with van der Waals surface area (Å²) >= 11 is 1.95. The monoisotopic (exact) mass is 239 g/mol. The van der Waals surface area contributed by atoms with Gasteiger partial charge in [0.1, 0.15) is 0 Å². The highest BCUT2D eigenvalue weighted by molar-refractivity contribution is 7.12. The van der Waals surface area contributed by atoms with Gasteiger partial charge < -0.3 is 10.4 Å². The van der Waals surface area contributed by atoms with Gasteiger partial charge in [0, 0.05) is 21.8 Å². The fourth-order valence-electron chi connectivity index (χ4n) is 2.29. The van der Waals surface area contributed by atoms with E-state index < -0.39 is 0 Å². The standard InChI is InChI=1S/C13H21NOS/c1-9(8-15)14-10(2)13-7-11-5-3-4-6-12(11)16-13/h7,9-10,14-15H,3-6,8H2,1-2H3. The second kappa shape index (κ2) is 5.30. The summed E-state index contributed by atoms with van der Waals surface area (Å²) in [7, 11) is 0. The summed E-state index contributed by atoms with van der Waals surface area (Å²) in [5, 5.41) is 12.4. The Bertz CT molecular complexity index is 324. The minimum atomic E-state index is 0.175. The lowest BCUT2D eigenvalue weighted by atomic mass is 9.99. The molecule has 0 saturated heterocycles. The molecule has 0 radical (unpaired) electrons. The van der Waals surface area contributed by atoms with Crippen LogP contribution in [0, 0.1) is 0 Å². The molecule has 1 heterocycles. The van der Waals surface area contributed by atoms with Gasteiger partial charge in [-0.05, 0) is 51.2 Å². The van der Waals surface area contributed by atoms with E-state index in [0.29, 0.717) is 6.04 Å². The number of hydrogen-bond acceptors (Lipinski definition) is 3. The zero-order valence-electron chi connectivity index (χ0n) is 10.1. The summed E-state index contributed by atoms with van der Waals surface area (Å²) in [6, 6.07) is 2.90. The Balaban J connectivity index is 2.05. The summed E-state index contributed by atoms with van der Waals surface area (Å²) in [4.78, 5) is 3.01. The molecule has 1 aromatic heterocycles. The van der Waals surface area contributed by atoms with Crippen molar-refractivity contribution in [3.63, 3.8) is 0 Å². The molecular formula is C13H21NOS. The molecule has 0 fully saturated rings. The predicted octanol–water partition coefficient (Wildman–Crippen LogP) is 2.66. The average molecular weight is 239 g/mol. The fourth-order valence-corrected chi connectivity index (χ4v) is 3.56. The van der Waals surface area contributed by atoms with Crippen molar-refractivity contribution in [2.24, 2.45) is 0 Å². The Hall–Kier alpha value is -0.380. The normalized spacial score (nSPS) is 19.2. The third-order valence-electron chi connectivity index (χ3n) is 3.25. The van der Waals surface area contributed by atoms with Crippen molar-refractivity contribution in [3.8, 4) is 0 Å². The maximum Gasteiger partial charge on any atom is 0.0582 e. The smallest absolute Gasteiger partial charge is 0.0582 e. The first-order valence-electron chi connectivity index (χ1n) is 6.19. The van der Waals surface area contributed by atoms with E-state index in [9.17, 15) is 0 Å². The van der Waals surface area contributed by atoms with Crippen LogP contribution in [0.3, 0.4) is 0 Å². The molecule has 0 spiro atoms. The zero-order chi connectivity index (χ0) is 11.5. The van der Waals surface area contributed by atoms with Crippen LogP contribution in [0.5, 0.6) is 0 Å². The first-order chi connectivity index (χ1) is 7.70. The van der Waals surface area contributed by atoms with Crippen LogP contribution < -0.4 is 5.32 Å². The second-order valence-corrected chi connectivity index (χ2v) is 5.94. The molecule has 1 aliphatic carbocycles. The number of aliphatic hydroxyl groups excluding tert-OH is 1. The minimum absolute atomic E-state index is 0.175. The van der Waals surface area contributed by atoms with E-state index in [1.54, 1.807) is 10.4 Å². The summed E-state index contributed by atoms with van der Waals surface area (Å²) in [5.74, 6) is 0. The van der Waals surface area contributed by atoms with Gasteiger partial charge in [-0.3, -0.25) is 0 Å². The average Bonchev–Trinajstić information content (AvgIpc) is 2.72. The van der Waals surface area contributed by atoms with Crippen LogP contribution in [0.4, 0.5) is 0 Å². The van der Waals surface area contributed by atoms with Gasteiger partial charge in [0.25, 0.3) is 0 Å². The van der Waals surface area contributed by atoms with E-state index in [1.807, 2.05) is 18.3 Å². The van der Waals surface area contributed by atoms with Crippen molar-refractivity contribution >= 4 is 11.3 Å². The van der Waals surface area contributed by atoms with Crippen LogP contribution in [-0.4, -0.2) is 17.8 Å². The Labute approximate surface area is 102 Å². The van der Waals surface area contributed by atoms with E-state index in [0.717, 1.165) is 0 Å². The SMILES string of the molecule is CC(CO)NC(C)c1cc2c(s1)CCCC2. The Kier molecular flexibility index (Phi) is 4.00. The van der Waals surface area contributed by atoms with Gasteiger partial charge in [-0.1, -0.05) is 0 Å². The van der Waals surface area contributed by atoms with Gasteiger partial charge in [-0.25, -0.2) is 0 Å². The largest absolute Gasteiger partial charge is 0.395 e.